The highest BCUT2D eigenvalue weighted by atomic mass is 16.2. The summed E-state index contributed by atoms with van der Waals surface area (Å²) < 4.78 is 0. The fourth-order valence-electron chi connectivity index (χ4n) is 2.31. The molecular formula is C18H23N3O2. The molecule has 0 fully saturated rings. The van der Waals surface area contributed by atoms with E-state index >= 15 is 0 Å². The lowest BCUT2D eigenvalue weighted by Gasteiger charge is -2.13. The number of hydrogen-bond donors (Lipinski definition) is 2. The van der Waals surface area contributed by atoms with Gasteiger partial charge in [-0.25, -0.2) is 0 Å². The molecule has 0 spiro atoms. The van der Waals surface area contributed by atoms with Gasteiger partial charge in [0.25, 0.3) is 5.91 Å². The Morgan fingerprint density at radius 1 is 1.13 bits per heavy atom. The fraction of sp³-hybridized carbons (Fsp3) is 0.389. The maximum absolute atomic E-state index is 12.5. The summed E-state index contributed by atoms with van der Waals surface area (Å²) in [5, 5.41) is 6.22. The lowest BCUT2D eigenvalue weighted by Crippen LogP contribution is -2.39. The molecule has 1 aromatic heterocycles. The van der Waals surface area contributed by atoms with Crippen molar-refractivity contribution in [1.82, 2.24) is 15.6 Å². The molecule has 2 N–H and O–H groups in total. The first-order valence-electron chi connectivity index (χ1n) is 7.85. The van der Waals surface area contributed by atoms with Gasteiger partial charge in [-0.2, -0.15) is 0 Å². The van der Waals surface area contributed by atoms with Gasteiger partial charge in [0.15, 0.2) is 0 Å². The second-order valence-electron chi connectivity index (χ2n) is 6.17. The predicted molar refractivity (Wildman–Crippen MR) is 91.4 cm³/mol. The molecular weight excluding hydrogens is 290 g/mol. The largest absolute Gasteiger partial charge is 0.352 e. The van der Waals surface area contributed by atoms with Crippen molar-refractivity contribution in [3.63, 3.8) is 0 Å². The first-order valence-corrected chi connectivity index (χ1v) is 7.85. The minimum atomic E-state index is -0.260. The van der Waals surface area contributed by atoms with E-state index in [1.165, 1.54) is 0 Å². The van der Waals surface area contributed by atoms with Gasteiger partial charge < -0.3 is 10.6 Å². The Labute approximate surface area is 136 Å². The van der Waals surface area contributed by atoms with Crippen LogP contribution in [0.4, 0.5) is 0 Å². The molecule has 5 nitrogen and oxygen atoms in total. The molecule has 0 aliphatic carbocycles. The van der Waals surface area contributed by atoms with E-state index < -0.39 is 0 Å². The van der Waals surface area contributed by atoms with Crippen molar-refractivity contribution in [2.75, 3.05) is 6.54 Å². The van der Waals surface area contributed by atoms with Gasteiger partial charge in [0.05, 0.1) is 17.6 Å². The molecule has 5 heteroatoms. The van der Waals surface area contributed by atoms with Crippen molar-refractivity contribution < 1.29 is 9.59 Å². The van der Waals surface area contributed by atoms with Crippen LogP contribution in [-0.2, 0) is 4.79 Å². The van der Waals surface area contributed by atoms with Gasteiger partial charge in [-0.3, -0.25) is 14.6 Å². The number of rotatable bonds is 5. The quantitative estimate of drug-likeness (QED) is 0.891. The molecule has 0 aliphatic rings. The summed E-state index contributed by atoms with van der Waals surface area (Å²) in [7, 11) is 0. The van der Waals surface area contributed by atoms with E-state index in [-0.39, 0.29) is 30.3 Å². The number of benzene rings is 1. The van der Waals surface area contributed by atoms with E-state index in [1.54, 1.807) is 0 Å². The highest BCUT2D eigenvalue weighted by Gasteiger charge is 2.15. The molecule has 2 aromatic rings. The molecule has 0 radical (unpaired) electrons. The average molecular weight is 313 g/mol. The lowest BCUT2D eigenvalue weighted by molar-refractivity contribution is -0.120. The van der Waals surface area contributed by atoms with Gasteiger partial charge in [0, 0.05) is 17.1 Å². The van der Waals surface area contributed by atoms with Crippen LogP contribution >= 0.6 is 0 Å². The predicted octanol–water partition coefficient (Wildman–Crippen LogP) is 2.61. The molecule has 0 bridgehead atoms. The average Bonchev–Trinajstić information content (AvgIpc) is 2.50. The summed E-state index contributed by atoms with van der Waals surface area (Å²) in [5.74, 6) is -0.240. The minimum Gasteiger partial charge on any atom is -0.352 e. The fourth-order valence-corrected chi connectivity index (χ4v) is 2.31. The first kappa shape index (κ1) is 16.9. The Morgan fingerprint density at radius 3 is 2.48 bits per heavy atom. The van der Waals surface area contributed by atoms with Crippen LogP contribution in [0.2, 0.25) is 0 Å². The van der Waals surface area contributed by atoms with Gasteiger partial charge in [-0.05, 0) is 31.9 Å². The molecule has 0 unspecified atom stereocenters. The highest BCUT2D eigenvalue weighted by Crippen LogP contribution is 2.22. The van der Waals surface area contributed by atoms with E-state index in [9.17, 15) is 9.59 Å². The van der Waals surface area contributed by atoms with Crippen LogP contribution < -0.4 is 10.6 Å². The zero-order chi connectivity index (χ0) is 17.0. The summed E-state index contributed by atoms with van der Waals surface area (Å²) >= 11 is 0. The SMILES string of the molecule is CC(C)NC(=O)CNC(=O)c1cc(C(C)C)nc2ccccc12. The third kappa shape index (κ3) is 4.28. The van der Waals surface area contributed by atoms with Crippen molar-refractivity contribution in [2.24, 2.45) is 0 Å². The Bertz CT molecular complexity index is 723. The highest BCUT2D eigenvalue weighted by molar-refractivity contribution is 6.07. The van der Waals surface area contributed by atoms with Crippen LogP contribution in [-0.4, -0.2) is 29.4 Å². The van der Waals surface area contributed by atoms with Crippen LogP contribution in [0.1, 0.15) is 49.7 Å². The summed E-state index contributed by atoms with van der Waals surface area (Å²) in [6, 6.07) is 9.40. The number of amides is 2. The third-order valence-corrected chi connectivity index (χ3v) is 3.43. The normalized spacial score (nSPS) is 11.0. The lowest BCUT2D eigenvalue weighted by atomic mass is 10.0. The van der Waals surface area contributed by atoms with Crippen molar-refractivity contribution in [1.29, 1.82) is 0 Å². The third-order valence-electron chi connectivity index (χ3n) is 3.43. The molecule has 1 heterocycles. The van der Waals surface area contributed by atoms with E-state index in [4.69, 9.17) is 0 Å². The number of aromatic nitrogens is 1. The van der Waals surface area contributed by atoms with Crippen molar-refractivity contribution in [2.45, 2.75) is 39.7 Å². The van der Waals surface area contributed by atoms with Gasteiger partial charge in [-0.15, -0.1) is 0 Å². The smallest absolute Gasteiger partial charge is 0.252 e. The van der Waals surface area contributed by atoms with E-state index in [1.807, 2.05) is 58.0 Å². The Balaban J connectivity index is 2.27. The van der Waals surface area contributed by atoms with Crippen molar-refractivity contribution in [3.8, 4) is 0 Å². The van der Waals surface area contributed by atoms with Gasteiger partial charge in [-0.1, -0.05) is 32.0 Å². The summed E-state index contributed by atoms with van der Waals surface area (Å²) in [6.07, 6.45) is 0. The maximum Gasteiger partial charge on any atom is 0.252 e. The summed E-state index contributed by atoms with van der Waals surface area (Å²) in [5.41, 5.74) is 2.20. The van der Waals surface area contributed by atoms with Crippen LogP contribution in [0.3, 0.4) is 0 Å². The van der Waals surface area contributed by atoms with Gasteiger partial charge in [0.1, 0.15) is 0 Å². The minimum absolute atomic E-state index is 0.0370. The molecule has 2 rings (SSSR count). The standard InChI is InChI=1S/C18H23N3O2/c1-11(2)16-9-14(13-7-5-6-8-15(13)21-16)18(23)19-10-17(22)20-12(3)4/h5-9,11-12H,10H2,1-4H3,(H,19,23)(H,20,22). The number of fused-ring (bicyclic) bond motifs is 1. The van der Waals surface area contributed by atoms with Crippen molar-refractivity contribution >= 4 is 22.7 Å². The number of carbonyl (C=O) groups excluding carboxylic acids is 2. The zero-order valence-corrected chi connectivity index (χ0v) is 14.0. The number of para-hydroxylation sites is 1. The molecule has 23 heavy (non-hydrogen) atoms. The second-order valence-corrected chi connectivity index (χ2v) is 6.17. The zero-order valence-electron chi connectivity index (χ0n) is 14.0. The van der Waals surface area contributed by atoms with E-state index in [0.29, 0.717) is 5.56 Å². The van der Waals surface area contributed by atoms with Gasteiger partial charge >= 0.3 is 0 Å². The monoisotopic (exact) mass is 313 g/mol. The topological polar surface area (TPSA) is 71.1 Å². The molecule has 2 amide bonds. The number of nitrogens with zero attached hydrogens (tertiary/aromatic N) is 1. The first-order chi connectivity index (χ1) is 10.9. The molecule has 122 valence electrons. The molecule has 0 saturated heterocycles. The Kier molecular flexibility index (Phi) is 5.32. The molecule has 0 atom stereocenters. The number of hydrogen-bond acceptors (Lipinski definition) is 3. The van der Waals surface area contributed by atoms with Gasteiger partial charge in [0.2, 0.25) is 5.91 Å². The molecule has 0 saturated carbocycles. The molecule has 1 aromatic carbocycles. The van der Waals surface area contributed by atoms with Crippen LogP contribution in [0.5, 0.6) is 0 Å². The van der Waals surface area contributed by atoms with Crippen LogP contribution in [0.25, 0.3) is 10.9 Å². The summed E-state index contributed by atoms with van der Waals surface area (Å²) in [4.78, 5) is 28.8. The number of pyridine rings is 1. The van der Waals surface area contributed by atoms with Crippen molar-refractivity contribution in [3.05, 3.63) is 41.6 Å². The van der Waals surface area contributed by atoms with E-state index in [2.05, 4.69) is 15.6 Å². The Hall–Kier alpha value is -2.43. The second kappa shape index (κ2) is 7.22. The van der Waals surface area contributed by atoms with Crippen LogP contribution in [0, 0.1) is 0 Å². The van der Waals surface area contributed by atoms with Crippen LogP contribution in [0.15, 0.2) is 30.3 Å². The summed E-state index contributed by atoms with van der Waals surface area (Å²) in [6.45, 7) is 7.80. The number of nitrogens with one attached hydrogen (secondary N) is 2. The number of carbonyl (C=O) groups is 2. The Morgan fingerprint density at radius 2 is 1.83 bits per heavy atom. The molecule has 0 aliphatic heterocycles. The van der Waals surface area contributed by atoms with E-state index in [0.717, 1.165) is 16.6 Å². The maximum atomic E-state index is 12.5.